The molecule has 4 heteroatoms. The lowest BCUT2D eigenvalue weighted by Crippen LogP contribution is -2.38. The molecule has 0 N–H and O–H groups in total. The Balaban J connectivity index is 2.20. The van der Waals surface area contributed by atoms with E-state index in [2.05, 4.69) is 11.9 Å². The van der Waals surface area contributed by atoms with Crippen LogP contribution in [0, 0.1) is 0 Å². The van der Waals surface area contributed by atoms with Gasteiger partial charge in [-0.15, -0.1) is 0 Å². The lowest BCUT2D eigenvalue weighted by atomic mass is 9.98. The third kappa shape index (κ3) is 1.25. The number of fused-ring (bicyclic) bond motifs is 2. The van der Waals surface area contributed by atoms with Crippen molar-refractivity contribution in [1.29, 1.82) is 0 Å². The van der Waals surface area contributed by atoms with E-state index >= 15 is 0 Å². The van der Waals surface area contributed by atoms with Crippen molar-refractivity contribution in [2.24, 2.45) is 0 Å². The van der Waals surface area contributed by atoms with Crippen LogP contribution in [0.1, 0.15) is 24.0 Å². The molecule has 2 aliphatic heterocycles. The summed E-state index contributed by atoms with van der Waals surface area (Å²) in [6.07, 6.45) is 2.11. The summed E-state index contributed by atoms with van der Waals surface area (Å²) >= 11 is 11.4. The maximum Gasteiger partial charge on any atom is 0.194 e. The van der Waals surface area contributed by atoms with Crippen molar-refractivity contribution in [3.63, 3.8) is 0 Å². The van der Waals surface area contributed by atoms with Crippen LogP contribution >= 0.6 is 23.8 Å². The molecule has 1 aromatic rings. The summed E-state index contributed by atoms with van der Waals surface area (Å²) in [4.78, 5) is 2.22. The van der Waals surface area contributed by atoms with Crippen LogP contribution in [0.25, 0.3) is 0 Å². The molecule has 0 saturated carbocycles. The fourth-order valence-electron chi connectivity index (χ4n) is 2.68. The molecule has 2 heterocycles. The van der Waals surface area contributed by atoms with Crippen molar-refractivity contribution in [3.8, 4) is 0 Å². The fourth-order valence-corrected chi connectivity index (χ4v) is 3.17. The van der Waals surface area contributed by atoms with Crippen molar-refractivity contribution in [3.05, 3.63) is 34.3 Å². The molecule has 2 aliphatic rings. The number of halogens is 1. The number of ether oxygens (including phenoxy) is 1. The van der Waals surface area contributed by atoms with Gasteiger partial charge in [0.2, 0.25) is 0 Å². The van der Waals surface area contributed by atoms with Gasteiger partial charge in [0.15, 0.2) is 10.8 Å². The third-order valence-electron chi connectivity index (χ3n) is 3.51. The number of benzene rings is 1. The smallest absolute Gasteiger partial charge is 0.194 e. The van der Waals surface area contributed by atoms with Gasteiger partial charge in [0, 0.05) is 29.1 Å². The van der Waals surface area contributed by atoms with Gasteiger partial charge in [-0.25, -0.2) is 0 Å². The van der Waals surface area contributed by atoms with Gasteiger partial charge in [0.1, 0.15) is 0 Å². The largest absolute Gasteiger partial charge is 0.457 e. The quantitative estimate of drug-likeness (QED) is 0.660. The Labute approximate surface area is 105 Å². The molecule has 2 nitrogen and oxygen atoms in total. The summed E-state index contributed by atoms with van der Waals surface area (Å²) in [7, 11) is 2.08. The van der Waals surface area contributed by atoms with E-state index in [9.17, 15) is 0 Å². The highest BCUT2D eigenvalue weighted by molar-refractivity contribution is 7.80. The van der Waals surface area contributed by atoms with Crippen LogP contribution in [0.15, 0.2) is 18.2 Å². The Morgan fingerprint density at radius 2 is 2.31 bits per heavy atom. The van der Waals surface area contributed by atoms with E-state index in [4.69, 9.17) is 28.6 Å². The van der Waals surface area contributed by atoms with Crippen molar-refractivity contribution < 1.29 is 4.74 Å². The number of likely N-dealkylation sites (tertiary alicyclic amines) is 1. The van der Waals surface area contributed by atoms with Gasteiger partial charge < -0.3 is 4.74 Å². The van der Waals surface area contributed by atoms with Crippen LogP contribution in [0.3, 0.4) is 0 Å². The van der Waals surface area contributed by atoms with Gasteiger partial charge in [-0.2, -0.15) is 0 Å². The van der Waals surface area contributed by atoms with E-state index in [1.54, 1.807) is 0 Å². The van der Waals surface area contributed by atoms with Crippen LogP contribution in [-0.2, 0) is 10.5 Å². The molecule has 1 unspecified atom stereocenters. The topological polar surface area (TPSA) is 12.5 Å². The molecule has 0 radical (unpaired) electrons. The predicted octanol–water partition coefficient (Wildman–Crippen LogP) is 2.92. The second-order valence-electron chi connectivity index (χ2n) is 4.39. The zero-order valence-electron chi connectivity index (χ0n) is 9.00. The number of nitrogens with zero attached hydrogens (tertiary/aromatic N) is 1. The van der Waals surface area contributed by atoms with E-state index < -0.39 is 0 Å². The third-order valence-corrected chi connectivity index (χ3v) is 4.05. The summed E-state index contributed by atoms with van der Waals surface area (Å²) in [5.74, 6) is 0. The molecule has 16 heavy (non-hydrogen) atoms. The fraction of sp³-hybridized carbons (Fsp3) is 0.417. The van der Waals surface area contributed by atoms with E-state index in [0.717, 1.165) is 35.5 Å². The van der Waals surface area contributed by atoms with Crippen LogP contribution < -0.4 is 0 Å². The molecule has 0 bridgehead atoms. The van der Waals surface area contributed by atoms with Gasteiger partial charge in [-0.1, -0.05) is 11.6 Å². The second kappa shape index (κ2) is 3.42. The standard InChI is InChI=1S/C12H12ClNOS/c1-14-6-2-5-12(14)10-7-8(13)3-4-9(10)11(16)15-12/h3-4,7H,2,5-6H2,1H3. The lowest BCUT2D eigenvalue weighted by molar-refractivity contribution is -0.0457. The first kappa shape index (κ1) is 10.5. The molecule has 1 atom stereocenters. The van der Waals surface area contributed by atoms with Crippen LogP contribution in [0.2, 0.25) is 5.02 Å². The monoisotopic (exact) mass is 253 g/mol. The minimum Gasteiger partial charge on any atom is -0.457 e. The van der Waals surface area contributed by atoms with E-state index in [0.29, 0.717) is 5.05 Å². The minimum absolute atomic E-state index is 0.350. The number of hydrogen-bond donors (Lipinski definition) is 0. The Hall–Kier alpha value is -0.640. The average Bonchev–Trinajstić information content (AvgIpc) is 2.73. The molecule has 1 spiro atoms. The van der Waals surface area contributed by atoms with Crippen LogP contribution in [0.4, 0.5) is 0 Å². The molecular formula is C12H12ClNOS. The Bertz CT molecular complexity index is 476. The summed E-state index contributed by atoms with van der Waals surface area (Å²) in [5.41, 5.74) is 1.80. The highest BCUT2D eigenvalue weighted by Gasteiger charge is 2.49. The molecule has 0 aliphatic carbocycles. The van der Waals surface area contributed by atoms with Gasteiger partial charge >= 0.3 is 0 Å². The number of rotatable bonds is 0. The lowest BCUT2D eigenvalue weighted by Gasteiger charge is -2.31. The molecule has 3 rings (SSSR count). The SMILES string of the molecule is CN1CCCC12OC(=S)c1ccc(Cl)cc12. The molecular weight excluding hydrogens is 242 g/mol. The second-order valence-corrected chi connectivity index (χ2v) is 5.20. The van der Waals surface area contributed by atoms with Crippen molar-refractivity contribution in [1.82, 2.24) is 4.90 Å². The Morgan fingerprint density at radius 3 is 3.00 bits per heavy atom. The van der Waals surface area contributed by atoms with Crippen molar-refractivity contribution in [2.45, 2.75) is 18.6 Å². The predicted molar refractivity (Wildman–Crippen MR) is 67.8 cm³/mol. The van der Waals surface area contributed by atoms with E-state index in [-0.39, 0.29) is 5.72 Å². The first-order valence-corrected chi connectivity index (χ1v) is 6.17. The first-order valence-electron chi connectivity index (χ1n) is 5.38. The Kier molecular flexibility index (Phi) is 2.25. The zero-order valence-corrected chi connectivity index (χ0v) is 10.6. The maximum absolute atomic E-state index is 6.06. The highest BCUT2D eigenvalue weighted by atomic mass is 35.5. The van der Waals surface area contributed by atoms with Crippen molar-refractivity contribution in [2.75, 3.05) is 13.6 Å². The van der Waals surface area contributed by atoms with Crippen LogP contribution in [0.5, 0.6) is 0 Å². The van der Waals surface area contributed by atoms with Crippen molar-refractivity contribution >= 4 is 28.9 Å². The summed E-state index contributed by atoms with van der Waals surface area (Å²) in [6.45, 7) is 1.04. The molecule has 1 fully saturated rings. The van der Waals surface area contributed by atoms with Gasteiger partial charge in [0.25, 0.3) is 0 Å². The Morgan fingerprint density at radius 1 is 1.50 bits per heavy atom. The average molecular weight is 254 g/mol. The van der Waals surface area contributed by atoms with Gasteiger partial charge in [0.05, 0.1) is 0 Å². The van der Waals surface area contributed by atoms with Crippen LogP contribution in [-0.4, -0.2) is 23.5 Å². The summed E-state index contributed by atoms with van der Waals surface area (Å²) in [5, 5.41) is 1.34. The molecule has 1 saturated heterocycles. The molecule has 0 amide bonds. The molecule has 0 aromatic heterocycles. The molecule has 84 valence electrons. The minimum atomic E-state index is -0.350. The number of thiocarbonyl (C=S) groups is 1. The zero-order chi connectivity index (χ0) is 11.3. The van der Waals surface area contributed by atoms with E-state index in [1.165, 1.54) is 0 Å². The maximum atomic E-state index is 6.06. The summed E-state index contributed by atoms with van der Waals surface area (Å²) < 4.78 is 5.95. The number of hydrogen-bond acceptors (Lipinski definition) is 3. The van der Waals surface area contributed by atoms with Gasteiger partial charge in [-0.3, -0.25) is 4.90 Å². The summed E-state index contributed by atoms with van der Waals surface area (Å²) in [6, 6.07) is 5.81. The normalized spacial score (nSPS) is 28.5. The first-order chi connectivity index (χ1) is 7.63. The van der Waals surface area contributed by atoms with Gasteiger partial charge in [-0.05, 0) is 43.9 Å². The van der Waals surface area contributed by atoms with E-state index in [1.807, 2.05) is 18.2 Å². The highest BCUT2D eigenvalue weighted by Crippen LogP contribution is 2.46. The molecule has 1 aromatic carbocycles.